The van der Waals surface area contributed by atoms with E-state index in [-0.39, 0.29) is 11.2 Å². The summed E-state index contributed by atoms with van der Waals surface area (Å²) < 4.78 is 41.6. The van der Waals surface area contributed by atoms with Crippen LogP contribution in [0.2, 0.25) is 0 Å². The minimum Gasteiger partial charge on any atom is -0.406 e. The zero-order valence-corrected chi connectivity index (χ0v) is 13.1. The Labute approximate surface area is 132 Å². The molecule has 0 radical (unpaired) electrons. The maximum atomic E-state index is 12.5. The summed E-state index contributed by atoms with van der Waals surface area (Å²) in [6.07, 6.45) is -1.55. The van der Waals surface area contributed by atoms with Crippen LogP contribution in [0.15, 0.2) is 36.7 Å². The second kappa shape index (κ2) is 6.44. The van der Waals surface area contributed by atoms with Gasteiger partial charge in [0.1, 0.15) is 5.75 Å². The second-order valence-corrected chi connectivity index (χ2v) is 6.09. The van der Waals surface area contributed by atoms with Crippen molar-refractivity contribution in [3.05, 3.63) is 47.8 Å². The van der Waals surface area contributed by atoms with E-state index in [1.807, 2.05) is 26.8 Å². The van der Waals surface area contributed by atoms with Crippen molar-refractivity contribution in [2.24, 2.45) is 0 Å². The summed E-state index contributed by atoms with van der Waals surface area (Å²) >= 11 is 0. The van der Waals surface area contributed by atoms with Crippen LogP contribution in [0.1, 0.15) is 31.9 Å². The Kier molecular flexibility index (Phi) is 4.77. The normalized spacial score (nSPS) is 12.1. The van der Waals surface area contributed by atoms with E-state index in [0.717, 1.165) is 5.56 Å². The third-order valence-electron chi connectivity index (χ3n) is 3.08. The smallest absolute Gasteiger partial charge is 0.406 e. The van der Waals surface area contributed by atoms with Gasteiger partial charge in [-0.05, 0) is 34.7 Å². The van der Waals surface area contributed by atoms with Crippen molar-refractivity contribution < 1.29 is 17.9 Å². The summed E-state index contributed by atoms with van der Waals surface area (Å²) in [6, 6.07) is 6.30. The fraction of sp³-hybridized carbons (Fsp3) is 0.375. The Morgan fingerprint density at radius 2 is 1.70 bits per heavy atom. The van der Waals surface area contributed by atoms with E-state index < -0.39 is 6.36 Å². The van der Waals surface area contributed by atoms with Gasteiger partial charge in [-0.1, -0.05) is 26.8 Å². The van der Waals surface area contributed by atoms with Gasteiger partial charge in [-0.25, -0.2) is 9.97 Å². The van der Waals surface area contributed by atoms with Crippen LogP contribution in [-0.4, -0.2) is 16.3 Å². The van der Waals surface area contributed by atoms with E-state index in [1.54, 1.807) is 18.5 Å². The number of ether oxygens (including phenoxy) is 1. The van der Waals surface area contributed by atoms with Crippen molar-refractivity contribution in [1.29, 1.82) is 0 Å². The second-order valence-electron chi connectivity index (χ2n) is 6.09. The lowest BCUT2D eigenvalue weighted by Gasteiger charge is -2.22. The predicted molar refractivity (Wildman–Crippen MR) is 81.2 cm³/mol. The number of rotatable bonds is 4. The van der Waals surface area contributed by atoms with Crippen molar-refractivity contribution in [2.45, 2.75) is 39.1 Å². The zero-order chi connectivity index (χ0) is 17.1. The average Bonchev–Trinajstić information content (AvgIpc) is 2.43. The molecule has 2 rings (SSSR count). The number of hydrogen-bond acceptors (Lipinski definition) is 4. The van der Waals surface area contributed by atoms with Crippen LogP contribution in [0, 0.1) is 0 Å². The summed E-state index contributed by atoms with van der Waals surface area (Å²) in [6.45, 7) is 6.08. The highest BCUT2D eigenvalue weighted by molar-refractivity contribution is 5.39. The fourth-order valence-corrected chi connectivity index (χ4v) is 1.96. The topological polar surface area (TPSA) is 47.0 Å². The van der Waals surface area contributed by atoms with Crippen molar-refractivity contribution in [2.75, 3.05) is 5.32 Å². The summed E-state index contributed by atoms with van der Waals surface area (Å²) in [5.41, 5.74) is 1.11. The standard InChI is InChI=1S/C16H18F3N3O/c1-15(2,3)12-7-11(8-13(9-12)23-16(17,18)19)10-22-14-20-5-4-6-21-14/h4-9H,10H2,1-3H3,(H,20,21,22). The van der Waals surface area contributed by atoms with Crippen LogP contribution < -0.4 is 10.1 Å². The van der Waals surface area contributed by atoms with Gasteiger partial charge < -0.3 is 10.1 Å². The quantitative estimate of drug-likeness (QED) is 0.911. The first-order chi connectivity index (χ1) is 10.6. The van der Waals surface area contributed by atoms with Gasteiger partial charge in [-0.2, -0.15) is 0 Å². The minimum absolute atomic E-state index is 0.226. The maximum Gasteiger partial charge on any atom is 0.573 e. The molecule has 2 aromatic rings. The summed E-state index contributed by atoms with van der Waals surface area (Å²) in [5.74, 6) is 0.183. The molecular weight excluding hydrogens is 307 g/mol. The summed E-state index contributed by atoms with van der Waals surface area (Å²) in [5, 5.41) is 2.97. The number of halogens is 3. The molecule has 23 heavy (non-hydrogen) atoms. The molecule has 0 atom stereocenters. The molecule has 0 amide bonds. The van der Waals surface area contributed by atoms with E-state index in [4.69, 9.17) is 0 Å². The SMILES string of the molecule is CC(C)(C)c1cc(CNc2ncccn2)cc(OC(F)(F)F)c1. The molecule has 1 aromatic carbocycles. The molecule has 0 unspecified atom stereocenters. The summed E-state index contributed by atoms with van der Waals surface area (Å²) in [7, 11) is 0. The highest BCUT2D eigenvalue weighted by Crippen LogP contribution is 2.30. The molecule has 0 fully saturated rings. The third-order valence-corrected chi connectivity index (χ3v) is 3.08. The predicted octanol–water partition coefficient (Wildman–Crippen LogP) is 4.28. The Hall–Kier alpha value is -2.31. The lowest BCUT2D eigenvalue weighted by molar-refractivity contribution is -0.274. The van der Waals surface area contributed by atoms with Gasteiger partial charge in [0.15, 0.2) is 0 Å². The van der Waals surface area contributed by atoms with Gasteiger partial charge >= 0.3 is 6.36 Å². The molecule has 0 aliphatic heterocycles. The molecule has 0 saturated carbocycles. The number of nitrogens with zero attached hydrogens (tertiary/aromatic N) is 2. The van der Waals surface area contributed by atoms with Crippen molar-refractivity contribution in [3.8, 4) is 5.75 Å². The molecule has 0 aliphatic carbocycles. The van der Waals surface area contributed by atoms with Gasteiger partial charge in [-0.15, -0.1) is 13.2 Å². The molecule has 7 heteroatoms. The van der Waals surface area contributed by atoms with Crippen LogP contribution in [-0.2, 0) is 12.0 Å². The zero-order valence-electron chi connectivity index (χ0n) is 13.1. The van der Waals surface area contributed by atoms with Crippen molar-refractivity contribution >= 4 is 5.95 Å². The van der Waals surface area contributed by atoms with E-state index in [9.17, 15) is 13.2 Å². The van der Waals surface area contributed by atoms with Crippen molar-refractivity contribution in [3.63, 3.8) is 0 Å². The monoisotopic (exact) mass is 325 g/mol. The highest BCUT2D eigenvalue weighted by atomic mass is 19.4. The molecule has 1 N–H and O–H groups in total. The lowest BCUT2D eigenvalue weighted by Crippen LogP contribution is -2.19. The summed E-state index contributed by atoms with van der Waals surface area (Å²) in [4.78, 5) is 8.03. The third kappa shape index (κ3) is 5.43. The molecule has 0 spiro atoms. The number of aromatic nitrogens is 2. The Bertz CT molecular complexity index is 652. The number of benzene rings is 1. The number of alkyl halides is 3. The Morgan fingerprint density at radius 1 is 1.04 bits per heavy atom. The van der Waals surface area contributed by atoms with Crippen molar-refractivity contribution in [1.82, 2.24) is 9.97 Å². The van der Waals surface area contributed by atoms with Gasteiger partial charge in [0.25, 0.3) is 0 Å². The van der Waals surface area contributed by atoms with E-state index >= 15 is 0 Å². The fourth-order valence-electron chi connectivity index (χ4n) is 1.96. The van der Waals surface area contributed by atoms with Crippen LogP contribution in [0.25, 0.3) is 0 Å². The first-order valence-electron chi connectivity index (χ1n) is 7.04. The maximum absolute atomic E-state index is 12.5. The van der Waals surface area contributed by atoms with Gasteiger partial charge in [0.2, 0.25) is 5.95 Å². The van der Waals surface area contributed by atoms with Gasteiger partial charge in [0.05, 0.1) is 0 Å². The molecule has 1 heterocycles. The molecule has 1 aromatic heterocycles. The first kappa shape index (κ1) is 17.1. The van der Waals surface area contributed by atoms with Gasteiger partial charge in [-0.3, -0.25) is 0 Å². The van der Waals surface area contributed by atoms with E-state index in [2.05, 4.69) is 20.0 Å². The van der Waals surface area contributed by atoms with Crippen LogP contribution in [0.5, 0.6) is 5.75 Å². The Balaban J connectivity index is 2.25. The highest BCUT2D eigenvalue weighted by Gasteiger charge is 2.31. The molecule has 0 saturated heterocycles. The molecule has 0 aliphatic rings. The Morgan fingerprint density at radius 3 is 2.26 bits per heavy atom. The lowest BCUT2D eigenvalue weighted by atomic mass is 9.86. The molecule has 4 nitrogen and oxygen atoms in total. The largest absolute Gasteiger partial charge is 0.573 e. The molecule has 0 bridgehead atoms. The molecular formula is C16H18F3N3O. The molecule has 124 valence electrons. The van der Waals surface area contributed by atoms with Gasteiger partial charge in [0, 0.05) is 18.9 Å². The first-order valence-corrected chi connectivity index (χ1v) is 7.04. The minimum atomic E-state index is -4.72. The number of anilines is 1. The van der Waals surface area contributed by atoms with Crippen LogP contribution >= 0.6 is 0 Å². The van der Waals surface area contributed by atoms with E-state index in [0.29, 0.717) is 18.1 Å². The average molecular weight is 325 g/mol. The number of nitrogens with one attached hydrogen (secondary N) is 1. The van der Waals surface area contributed by atoms with E-state index in [1.165, 1.54) is 12.1 Å². The van der Waals surface area contributed by atoms with Crippen LogP contribution in [0.3, 0.4) is 0 Å². The van der Waals surface area contributed by atoms with Crippen LogP contribution in [0.4, 0.5) is 19.1 Å². The number of hydrogen-bond donors (Lipinski definition) is 1.